The van der Waals surface area contributed by atoms with Crippen molar-refractivity contribution in [2.45, 2.75) is 39.3 Å². The Morgan fingerprint density at radius 1 is 1.40 bits per heavy atom. The average molecular weight is 214 g/mol. The predicted octanol–water partition coefficient (Wildman–Crippen LogP) is 1.16. The average Bonchev–Trinajstić information content (AvgIpc) is 2.00. The zero-order valence-corrected chi connectivity index (χ0v) is 9.59. The first-order chi connectivity index (χ1) is 6.76. The van der Waals surface area contributed by atoms with Crippen molar-refractivity contribution >= 4 is 12.0 Å². The molecule has 0 aliphatic rings. The number of carbonyl (C=O) groups is 2. The second kappa shape index (κ2) is 5.38. The van der Waals surface area contributed by atoms with Crippen LogP contribution in [0.3, 0.4) is 0 Å². The van der Waals surface area contributed by atoms with Crippen molar-refractivity contribution in [2.24, 2.45) is 0 Å². The van der Waals surface area contributed by atoms with Gasteiger partial charge in [-0.2, -0.15) is 0 Å². The van der Waals surface area contributed by atoms with E-state index >= 15 is 0 Å². The molecule has 0 aliphatic carbocycles. The van der Waals surface area contributed by atoms with E-state index in [1.54, 1.807) is 27.7 Å². The molecule has 0 heterocycles. The summed E-state index contributed by atoms with van der Waals surface area (Å²) in [5, 5.41) is 4.77. The van der Waals surface area contributed by atoms with Crippen LogP contribution < -0.4 is 10.6 Å². The van der Waals surface area contributed by atoms with Crippen molar-refractivity contribution in [1.29, 1.82) is 0 Å². The Morgan fingerprint density at radius 3 is 2.33 bits per heavy atom. The molecule has 0 saturated carbocycles. The lowest BCUT2D eigenvalue weighted by Gasteiger charge is -2.21. The SMILES string of the molecule is C=CNC(=O)[C@H](C)NC(=O)OC(C)(C)C. The molecule has 2 amide bonds. The Labute approximate surface area is 89.9 Å². The number of hydrogen-bond donors (Lipinski definition) is 2. The van der Waals surface area contributed by atoms with E-state index in [1.807, 2.05) is 0 Å². The normalized spacial score (nSPS) is 12.5. The van der Waals surface area contributed by atoms with Gasteiger partial charge in [-0.3, -0.25) is 4.79 Å². The van der Waals surface area contributed by atoms with Crippen LogP contribution in [0.2, 0.25) is 0 Å². The first-order valence-electron chi connectivity index (χ1n) is 4.67. The summed E-state index contributed by atoms with van der Waals surface area (Å²) < 4.78 is 4.98. The highest BCUT2D eigenvalue weighted by molar-refractivity contribution is 5.85. The van der Waals surface area contributed by atoms with Crippen LogP contribution in [0.25, 0.3) is 0 Å². The fraction of sp³-hybridized carbons (Fsp3) is 0.600. The molecule has 0 bridgehead atoms. The smallest absolute Gasteiger partial charge is 0.408 e. The zero-order valence-electron chi connectivity index (χ0n) is 9.59. The minimum atomic E-state index is -0.655. The van der Waals surface area contributed by atoms with Crippen LogP contribution >= 0.6 is 0 Å². The molecule has 2 N–H and O–H groups in total. The highest BCUT2D eigenvalue weighted by atomic mass is 16.6. The van der Waals surface area contributed by atoms with Crippen molar-refractivity contribution in [3.8, 4) is 0 Å². The maximum Gasteiger partial charge on any atom is 0.408 e. The van der Waals surface area contributed by atoms with Crippen molar-refractivity contribution in [3.05, 3.63) is 12.8 Å². The molecule has 0 aliphatic heterocycles. The molecular weight excluding hydrogens is 196 g/mol. The monoisotopic (exact) mass is 214 g/mol. The van der Waals surface area contributed by atoms with E-state index in [-0.39, 0.29) is 5.91 Å². The fourth-order valence-corrected chi connectivity index (χ4v) is 0.775. The second-order valence-corrected chi connectivity index (χ2v) is 4.08. The minimum Gasteiger partial charge on any atom is -0.444 e. The van der Waals surface area contributed by atoms with Crippen LogP contribution in [0.5, 0.6) is 0 Å². The number of amides is 2. The topological polar surface area (TPSA) is 67.4 Å². The van der Waals surface area contributed by atoms with Gasteiger partial charge in [-0.1, -0.05) is 6.58 Å². The van der Waals surface area contributed by atoms with Gasteiger partial charge in [0, 0.05) is 0 Å². The molecule has 5 heteroatoms. The van der Waals surface area contributed by atoms with E-state index in [4.69, 9.17) is 4.74 Å². The number of rotatable bonds is 3. The molecule has 0 rings (SSSR count). The molecule has 0 radical (unpaired) electrons. The van der Waals surface area contributed by atoms with Gasteiger partial charge in [-0.25, -0.2) is 4.79 Å². The molecule has 86 valence electrons. The third kappa shape index (κ3) is 6.54. The summed E-state index contributed by atoms with van der Waals surface area (Å²) in [6, 6.07) is -0.655. The molecule has 5 nitrogen and oxygen atoms in total. The zero-order chi connectivity index (χ0) is 12.1. The number of alkyl carbamates (subject to hydrolysis) is 1. The van der Waals surface area contributed by atoms with Gasteiger partial charge in [0.1, 0.15) is 11.6 Å². The number of ether oxygens (including phenoxy) is 1. The quantitative estimate of drug-likeness (QED) is 0.740. The highest BCUT2D eigenvalue weighted by Gasteiger charge is 2.20. The van der Waals surface area contributed by atoms with E-state index in [0.29, 0.717) is 0 Å². The Morgan fingerprint density at radius 2 is 1.93 bits per heavy atom. The van der Waals surface area contributed by atoms with Gasteiger partial charge >= 0.3 is 6.09 Å². The van der Waals surface area contributed by atoms with E-state index in [2.05, 4.69) is 17.2 Å². The lowest BCUT2D eigenvalue weighted by Crippen LogP contribution is -2.45. The van der Waals surface area contributed by atoms with Crippen LogP contribution in [-0.4, -0.2) is 23.6 Å². The molecule has 0 aromatic rings. The van der Waals surface area contributed by atoms with Gasteiger partial charge in [0.15, 0.2) is 0 Å². The summed E-state index contributed by atoms with van der Waals surface area (Å²) in [6.45, 7) is 10.2. The first-order valence-corrected chi connectivity index (χ1v) is 4.67. The maximum absolute atomic E-state index is 11.2. The minimum absolute atomic E-state index is 0.337. The molecule has 0 aromatic carbocycles. The summed E-state index contributed by atoms with van der Waals surface area (Å²) in [5.41, 5.74) is -0.571. The summed E-state index contributed by atoms with van der Waals surface area (Å²) in [7, 11) is 0. The lowest BCUT2D eigenvalue weighted by molar-refractivity contribution is -0.121. The Kier molecular flexibility index (Phi) is 4.84. The highest BCUT2D eigenvalue weighted by Crippen LogP contribution is 2.06. The number of carbonyl (C=O) groups excluding carboxylic acids is 2. The third-order valence-electron chi connectivity index (χ3n) is 1.37. The number of nitrogens with one attached hydrogen (secondary N) is 2. The van der Waals surface area contributed by atoms with Crippen LogP contribution in [0.4, 0.5) is 4.79 Å². The summed E-state index contributed by atoms with van der Waals surface area (Å²) in [6.07, 6.45) is 0.643. The van der Waals surface area contributed by atoms with Gasteiger partial charge in [0.05, 0.1) is 0 Å². The molecule has 0 fully saturated rings. The van der Waals surface area contributed by atoms with E-state index < -0.39 is 17.7 Å². The van der Waals surface area contributed by atoms with Crippen LogP contribution in [0, 0.1) is 0 Å². The van der Waals surface area contributed by atoms with Gasteiger partial charge in [-0.05, 0) is 33.9 Å². The second-order valence-electron chi connectivity index (χ2n) is 4.08. The van der Waals surface area contributed by atoms with E-state index in [0.717, 1.165) is 0 Å². The van der Waals surface area contributed by atoms with Crippen molar-refractivity contribution < 1.29 is 14.3 Å². The predicted molar refractivity (Wildman–Crippen MR) is 57.2 cm³/mol. The molecule has 15 heavy (non-hydrogen) atoms. The number of hydrogen-bond acceptors (Lipinski definition) is 3. The largest absolute Gasteiger partial charge is 0.444 e. The van der Waals surface area contributed by atoms with Crippen LogP contribution in [0.15, 0.2) is 12.8 Å². The third-order valence-corrected chi connectivity index (χ3v) is 1.37. The van der Waals surface area contributed by atoms with Crippen molar-refractivity contribution in [1.82, 2.24) is 10.6 Å². The Balaban J connectivity index is 4.07. The van der Waals surface area contributed by atoms with Gasteiger partial charge < -0.3 is 15.4 Å². The van der Waals surface area contributed by atoms with E-state index in [9.17, 15) is 9.59 Å². The molecule has 0 unspecified atom stereocenters. The van der Waals surface area contributed by atoms with Gasteiger partial charge in [0.2, 0.25) is 5.91 Å². The van der Waals surface area contributed by atoms with Crippen LogP contribution in [-0.2, 0) is 9.53 Å². The summed E-state index contributed by atoms with van der Waals surface area (Å²) >= 11 is 0. The first kappa shape index (κ1) is 13.5. The molecule has 1 atom stereocenters. The maximum atomic E-state index is 11.2. The molecule has 0 saturated heterocycles. The molecule has 0 spiro atoms. The lowest BCUT2D eigenvalue weighted by atomic mass is 10.2. The standard InChI is InChI=1S/C10H18N2O3/c1-6-11-8(13)7(2)12-9(14)15-10(3,4)5/h6-7H,1H2,2-5H3,(H,11,13)(H,12,14)/t7-/m0/s1. The van der Waals surface area contributed by atoms with Crippen molar-refractivity contribution in [2.75, 3.05) is 0 Å². The van der Waals surface area contributed by atoms with Crippen LogP contribution in [0.1, 0.15) is 27.7 Å². The summed E-state index contributed by atoms with van der Waals surface area (Å²) in [4.78, 5) is 22.4. The Hall–Kier alpha value is -1.52. The van der Waals surface area contributed by atoms with Gasteiger partial charge in [-0.15, -0.1) is 0 Å². The van der Waals surface area contributed by atoms with Crippen molar-refractivity contribution in [3.63, 3.8) is 0 Å². The Bertz CT molecular complexity index is 256. The summed E-state index contributed by atoms with van der Waals surface area (Å²) in [5.74, 6) is -0.337. The fourth-order valence-electron chi connectivity index (χ4n) is 0.775. The molecular formula is C10H18N2O3. The van der Waals surface area contributed by atoms with E-state index in [1.165, 1.54) is 6.20 Å². The molecule has 0 aromatic heterocycles. The van der Waals surface area contributed by atoms with Gasteiger partial charge in [0.25, 0.3) is 0 Å².